The van der Waals surface area contributed by atoms with Crippen LogP contribution in [0.25, 0.3) is 0 Å². The average Bonchev–Trinajstić information content (AvgIpc) is 2.97. The van der Waals surface area contributed by atoms with Crippen molar-refractivity contribution in [2.24, 2.45) is 11.7 Å². The van der Waals surface area contributed by atoms with Crippen molar-refractivity contribution in [2.45, 2.75) is 18.4 Å². The molecule has 0 bridgehead atoms. The molecule has 0 amide bonds. The molecule has 4 nitrogen and oxygen atoms in total. The number of hydrogen-bond donors (Lipinski definition) is 1. The summed E-state index contributed by atoms with van der Waals surface area (Å²) in [5.41, 5.74) is 5.47. The van der Waals surface area contributed by atoms with Gasteiger partial charge < -0.3 is 15.5 Å². The van der Waals surface area contributed by atoms with Crippen molar-refractivity contribution < 1.29 is 0 Å². The van der Waals surface area contributed by atoms with E-state index in [1.54, 1.807) is 0 Å². The third-order valence-electron chi connectivity index (χ3n) is 2.97. The highest BCUT2D eigenvalue weighted by Crippen LogP contribution is 2.38. The maximum atomic E-state index is 9.11. The number of hydrogen-bond acceptors (Lipinski definition) is 4. The Balaban J connectivity index is 2.35. The van der Waals surface area contributed by atoms with Gasteiger partial charge in [-0.1, -0.05) is 0 Å². The molecule has 4 heteroatoms. The minimum absolute atomic E-state index is 0.421. The van der Waals surface area contributed by atoms with Gasteiger partial charge in [0.1, 0.15) is 5.54 Å². The predicted octanol–water partition coefficient (Wildman–Crippen LogP) is 0.111. The Morgan fingerprint density at radius 2 is 1.93 bits per heavy atom. The fourth-order valence-corrected chi connectivity index (χ4v) is 1.75. The van der Waals surface area contributed by atoms with Crippen LogP contribution in [0.2, 0.25) is 0 Å². The second-order valence-corrected chi connectivity index (χ2v) is 4.97. The van der Waals surface area contributed by atoms with E-state index in [-0.39, 0.29) is 0 Å². The third-order valence-corrected chi connectivity index (χ3v) is 2.97. The molecule has 1 aliphatic carbocycles. The van der Waals surface area contributed by atoms with Crippen molar-refractivity contribution in [3.63, 3.8) is 0 Å². The van der Waals surface area contributed by atoms with Gasteiger partial charge in [0.15, 0.2) is 0 Å². The van der Waals surface area contributed by atoms with Crippen LogP contribution in [0.4, 0.5) is 0 Å². The van der Waals surface area contributed by atoms with Gasteiger partial charge in [0.2, 0.25) is 0 Å². The van der Waals surface area contributed by atoms with E-state index in [2.05, 4.69) is 30.0 Å². The molecule has 1 aliphatic rings. The van der Waals surface area contributed by atoms with Crippen LogP contribution in [-0.4, -0.2) is 56.1 Å². The van der Waals surface area contributed by atoms with Crippen molar-refractivity contribution in [3.05, 3.63) is 0 Å². The van der Waals surface area contributed by atoms with E-state index < -0.39 is 5.54 Å². The Kier molecular flexibility index (Phi) is 4.09. The smallest absolute Gasteiger partial charge is 0.119 e. The largest absolute Gasteiger partial charge is 0.312 e. The number of likely N-dealkylation sites (N-methyl/N-ethyl adjacent to an activating group) is 2. The summed E-state index contributed by atoms with van der Waals surface area (Å²) in [6.45, 7) is 2.64. The molecule has 0 heterocycles. The molecule has 15 heavy (non-hydrogen) atoms. The van der Waals surface area contributed by atoms with Crippen LogP contribution in [-0.2, 0) is 0 Å². The van der Waals surface area contributed by atoms with Gasteiger partial charge in [-0.15, -0.1) is 0 Å². The van der Waals surface area contributed by atoms with E-state index in [1.165, 1.54) is 0 Å². The Morgan fingerprint density at radius 3 is 2.33 bits per heavy atom. The second-order valence-electron chi connectivity index (χ2n) is 4.97. The Labute approximate surface area is 92.6 Å². The zero-order chi connectivity index (χ0) is 11.5. The first-order valence-electron chi connectivity index (χ1n) is 5.51. The minimum Gasteiger partial charge on any atom is -0.312 e. The third kappa shape index (κ3) is 3.78. The summed E-state index contributed by atoms with van der Waals surface area (Å²) in [6.07, 6.45) is 2.23. The van der Waals surface area contributed by atoms with E-state index in [1.807, 2.05) is 7.05 Å². The summed E-state index contributed by atoms with van der Waals surface area (Å²) in [5, 5.41) is 9.11. The van der Waals surface area contributed by atoms with E-state index in [9.17, 15) is 0 Å². The molecule has 1 rings (SSSR count). The molecular weight excluding hydrogens is 188 g/mol. The highest BCUT2D eigenvalue weighted by molar-refractivity contribution is 5.14. The molecule has 0 saturated heterocycles. The van der Waals surface area contributed by atoms with Gasteiger partial charge in [-0.05, 0) is 39.9 Å². The first-order valence-corrected chi connectivity index (χ1v) is 5.51. The molecule has 0 spiro atoms. The van der Waals surface area contributed by atoms with Gasteiger partial charge in [0.25, 0.3) is 0 Å². The maximum Gasteiger partial charge on any atom is 0.119 e. The molecule has 0 aromatic heterocycles. The van der Waals surface area contributed by atoms with Crippen LogP contribution in [0.5, 0.6) is 0 Å². The molecule has 1 unspecified atom stereocenters. The van der Waals surface area contributed by atoms with Gasteiger partial charge in [-0.2, -0.15) is 5.26 Å². The summed E-state index contributed by atoms with van der Waals surface area (Å²) in [5.74, 6) is 0.421. The first kappa shape index (κ1) is 12.4. The van der Waals surface area contributed by atoms with E-state index in [0.717, 1.165) is 25.9 Å². The van der Waals surface area contributed by atoms with Crippen LogP contribution in [0.15, 0.2) is 0 Å². The van der Waals surface area contributed by atoms with Gasteiger partial charge >= 0.3 is 0 Å². The quantitative estimate of drug-likeness (QED) is 0.676. The van der Waals surface area contributed by atoms with E-state index in [0.29, 0.717) is 12.5 Å². The highest BCUT2D eigenvalue weighted by Gasteiger charge is 2.43. The van der Waals surface area contributed by atoms with Gasteiger partial charge in [0.05, 0.1) is 6.07 Å². The zero-order valence-electron chi connectivity index (χ0n) is 10.0. The van der Waals surface area contributed by atoms with Crippen molar-refractivity contribution in [1.82, 2.24) is 9.80 Å². The van der Waals surface area contributed by atoms with Crippen LogP contribution in [0, 0.1) is 17.2 Å². The average molecular weight is 210 g/mol. The van der Waals surface area contributed by atoms with Crippen molar-refractivity contribution in [2.75, 3.05) is 40.8 Å². The minimum atomic E-state index is -0.624. The maximum absolute atomic E-state index is 9.11. The topological polar surface area (TPSA) is 56.3 Å². The number of nitriles is 1. The lowest BCUT2D eigenvalue weighted by molar-refractivity contribution is 0.237. The van der Waals surface area contributed by atoms with Crippen molar-refractivity contribution in [1.29, 1.82) is 5.26 Å². The first-order chi connectivity index (χ1) is 6.98. The number of nitrogens with zero attached hydrogens (tertiary/aromatic N) is 3. The lowest BCUT2D eigenvalue weighted by atomic mass is 9.96. The van der Waals surface area contributed by atoms with E-state index in [4.69, 9.17) is 11.0 Å². The molecule has 1 fully saturated rings. The van der Waals surface area contributed by atoms with Crippen LogP contribution < -0.4 is 5.73 Å². The Bertz CT molecular complexity index is 241. The normalized spacial score (nSPS) is 20.3. The standard InChI is InChI=1S/C11H22N4/c1-14(2)6-7-15(3)9-11(13,8-12)10-4-5-10/h10H,4-7,9,13H2,1-3H3. The predicted molar refractivity (Wildman–Crippen MR) is 61.3 cm³/mol. The molecule has 0 aliphatic heterocycles. The van der Waals surface area contributed by atoms with Gasteiger partial charge in [-0.3, -0.25) is 0 Å². The molecule has 0 aromatic rings. The van der Waals surface area contributed by atoms with Crippen molar-refractivity contribution in [3.8, 4) is 6.07 Å². The van der Waals surface area contributed by atoms with E-state index >= 15 is 0 Å². The van der Waals surface area contributed by atoms with Gasteiger partial charge in [0, 0.05) is 19.6 Å². The monoisotopic (exact) mass is 210 g/mol. The summed E-state index contributed by atoms with van der Waals surface area (Å²) >= 11 is 0. The molecular formula is C11H22N4. The SMILES string of the molecule is CN(C)CCN(C)CC(N)(C#N)C1CC1. The fraction of sp³-hybridized carbons (Fsp3) is 0.909. The Hall–Kier alpha value is -0.630. The molecule has 86 valence electrons. The van der Waals surface area contributed by atoms with Crippen LogP contribution in [0.3, 0.4) is 0 Å². The molecule has 0 aromatic carbocycles. The second kappa shape index (κ2) is 4.93. The summed E-state index contributed by atoms with van der Waals surface area (Å²) in [7, 11) is 6.13. The summed E-state index contributed by atoms with van der Waals surface area (Å²) in [6, 6.07) is 2.28. The van der Waals surface area contributed by atoms with Crippen molar-refractivity contribution >= 4 is 0 Å². The molecule has 1 saturated carbocycles. The summed E-state index contributed by atoms with van der Waals surface area (Å²) < 4.78 is 0. The van der Waals surface area contributed by atoms with Gasteiger partial charge in [-0.25, -0.2) is 0 Å². The van der Waals surface area contributed by atoms with Crippen LogP contribution >= 0.6 is 0 Å². The molecule has 0 radical (unpaired) electrons. The lowest BCUT2D eigenvalue weighted by Crippen LogP contribution is -2.51. The highest BCUT2D eigenvalue weighted by atomic mass is 15.2. The number of nitrogens with two attached hydrogens (primary N) is 1. The van der Waals surface area contributed by atoms with Crippen LogP contribution in [0.1, 0.15) is 12.8 Å². The number of rotatable bonds is 6. The zero-order valence-corrected chi connectivity index (χ0v) is 10.0. The lowest BCUT2D eigenvalue weighted by Gasteiger charge is -2.28. The Morgan fingerprint density at radius 1 is 1.33 bits per heavy atom. The molecule has 2 N–H and O–H groups in total. The molecule has 1 atom stereocenters. The summed E-state index contributed by atoms with van der Waals surface area (Å²) in [4.78, 5) is 4.29. The fourth-order valence-electron chi connectivity index (χ4n) is 1.75.